The fourth-order valence-electron chi connectivity index (χ4n) is 1.41. The standard InChI is InChI=1S/C13H28N2O/c1-5-12(4)15-13(16)8-10-14-9-6-7-11(2)3/h11-12,14H,5-10H2,1-4H3,(H,15,16). The van der Waals surface area contributed by atoms with Gasteiger partial charge >= 0.3 is 0 Å². The second-order valence-corrected chi connectivity index (χ2v) is 4.91. The van der Waals surface area contributed by atoms with Crippen molar-refractivity contribution in [3.05, 3.63) is 0 Å². The van der Waals surface area contributed by atoms with E-state index in [1.54, 1.807) is 0 Å². The Morgan fingerprint density at radius 2 is 1.88 bits per heavy atom. The van der Waals surface area contributed by atoms with Crippen LogP contribution < -0.4 is 10.6 Å². The molecule has 0 aliphatic heterocycles. The van der Waals surface area contributed by atoms with Crippen molar-refractivity contribution in [3.8, 4) is 0 Å². The van der Waals surface area contributed by atoms with E-state index >= 15 is 0 Å². The van der Waals surface area contributed by atoms with E-state index in [2.05, 4.69) is 31.4 Å². The zero-order valence-corrected chi connectivity index (χ0v) is 11.3. The van der Waals surface area contributed by atoms with E-state index in [0.717, 1.165) is 25.4 Å². The monoisotopic (exact) mass is 228 g/mol. The van der Waals surface area contributed by atoms with Gasteiger partial charge in [0.05, 0.1) is 0 Å². The van der Waals surface area contributed by atoms with Crippen LogP contribution in [0.4, 0.5) is 0 Å². The zero-order chi connectivity index (χ0) is 12.4. The number of carbonyl (C=O) groups excluding carboxylic acids is 1. The lowest BCUT2D eigenvalue weighted by molar-refractivity contribution is -0.121. The van der Waals surface area contributed by atoms with E-state index < -0.39 is 0 Å². The average molecular weight is 228 g/mol. The maximum absolute atomic E-state index is 11.4. The van der Waals surface area contributed by atoms with Crippen molar-refractivity contribution in [2.45, 2.75) is 59.4 Å². The Morgan fingerprint density at radius 1 is 1.19 bits per heavy atom. The maximum Gasteiger partial charge on any atom is 0.221 e. The van der Waals surface area contributed by atoms with Crippen LogP contribution >= 0.6 is 0 Å². The molecule has 0 radical (unpaired) electrons. The SMILES string of the molecule is CCC(C)NC(=O)CCNCCCC(C)C. The predicted octanol–water partition coefficient (Wildman–Crippen LogP) is 2.32. The molecule has 0 spiro atoms. The first kappa shape index (κ1) is 15.4. The molecule has 0 saturated heterocycles. The normalized spacial score (nSPS) is 12.8. The van der Waals surface area contributed by atoms with Crippen LogP contribution in [0.15, 0.2) is 0 Å². The topological polar surface area (TPSA) is 41.1 Å². The molecule has 1 amide bonds. The third-order valence-corrected chi connectivity index (χ3v) is 2.68. The fraction of sp³-hybridized carbons (Fsp3) is 0.923. The van der Waals surface area contributed by atoms with Gasteiger partial charge in [-0.3, -0.25) is 4.79 Å². The van der Waals surface area contributed by atoms with Crippen LogP contribution in [0.5, 0.6) is 0 Å². The lowest BCUT2D eigenvalue weighted by Gasteiger charge is -2.11. The molecule has 1 atom stereocenters. The molecule has 0 aromatic rings. The maximum atomic E-state index is 11.4. The number of hydrogen-bond donors (Lipinski definition) is 2. The number of rotatable bonds is 9. The van der Waals surface area contributed by atoms with E-state index in [1.807, 2.05) is 6.92 Å². The molecule has 3 nitrogen and oxygen atoms in total. The Bertz CT molecular complexity index is 181. The highest BCUT2D eigenvalue weighted by Gasteiger charge is 2.04. The van der Waals surface area contributed by atoms with Gasteiger partial charge in [-0.25, -0.2) is 0 Å². The van der Waals surface area contributed by atoms with Gasteiger partial charge in [-0.05, 0) is 38.6 Å². The molecule has 2 N–H and O–H groups in total. The minimum absolute atomic E-state index is 0.158. The second kappa shape index (κ2) is 9.64. The third-order valence-electron chi connectivity index (χ3n) is 2.68. The summed E-state index contributed by atoms with van der Waals surface area (Å²) in [4.78, 5) is 11.4. The summed E-state index contributed by atoms with van der Waals surface area (Å²) >= 11 is 0. The molecule has 0 aliphatic carbocycles. The van der Waals surface area contributed by atoms with Gasteiger partial charge in [-0.2, -0.15) is 0 Å². The smallest absolute Gasteiger partial charge is 0.221 e. The molecule has 0 aromatic heterocycles. The van der Waals surface area contributed by atoms with Crippen LogP contribution in [0.2, 0.25) is 0 Å². The van der Waals surface area contributed by atoms with Crippen molar-refractivity contribution in [1.82, 2.24) is 10.6 Å². The summed E-state index contributed by atoms with van der Waals surface area (Å²) in [6.07, 6.45) is 4.04. The molecular formula is C13H28N2O. The molecule has 1 unspecified atom stereocenters. The van der Waals surface area contributed by atoms with Crippen LogP contribution in [0.1, 0.15) is 53.4 Å². The van der Waals surface area contributed by atoms with Crippen molar-refractivity contribution in [3.63, 3.8) is 0 Å². The van der Waals surface area contributed by atoms with Gasteiger partial charge < -0.3 is 10.6 Å². The Hall–Kier alpha value is -0.570. The van der Waals surface area contributed by atoms with Crippen molar-refractivity contribution >= 4 is 5.91 Å². The zero-order valence-electron chi connectivity index (χ0n) is 11.3. The highest BCUT2D eigenvalue weighted by Crippen LogP contribution is 2.01. The van der Waals surface area contributed by atoms with Gasteiger partial charge in [-0.15, -0.1) is 0 Å². The van der Waals surface area contributed by atoms with E-state index in [4.69, 9.17) is 0 Å². The van der Waals surface area contributed by atoms with Crippen LogP contribution in [0.3, 0.4) is 0 Å². The first-order valence-electron chi connectivity index (χ1n) is 6.56. The molecular weight excluding hydrogens is 200 g/mol. The van der Waals surface area contributed by atoms with Crippen molar-refractivity contribution in [2.24, 2.45) is 5.92 Å². The van der Waals surface area contributed by atoms with Gasteiger partial charge in [0.1, 0.15) is 0 Å². The summed E-state index contributed by atoms with van der Waals surface area (Å²) in [5.41, 5.74) is 0. The van der Waals surface area contributed by atoms with Gasteiger partial charge in [0.15, 0.2) is 0 Å². The van der Waals surface area contributed by atoms with E-state index in [0.29, 0.717) is 12.5 Å². The lowest BCUT2D eigenvalue weighted by atomic mass is 10.1. The van der Waals surface area contributed by atoms with Gasteiger partial charge in [0, 0.05) is 19.0 Å². The van der Waals surface area contributed by atoms with E-state index in [-0.39, 0.29) is 5.91 Å². The summed E-state index contributed by atoms with van der Waals surface area (Å²) in [5.74, 6) is 0.932. The molecule has 3 heteroatoms. The quantitative estimate of drug-likeness (QED) is 0.595. The van der Waals surface area contributed by atoms with Gasteiger partial charge in [-0.1, -0.05) is 20.8 Å². The average Bonchev–Trinajstić information content (AvgIpc) is 2.22. The van der Waals surface area contributed by atoms with Crippen LogP contribution in [-0.4, -0.2) is 25.0 Å². The second-order valence-electron chi connectivity index (χ2n) is 4.91. The number of nitrogens with one attached hydrogen (secondary N) is 2. The van der Waals surface area contributed by atoms with Crippen LogP contribution in [0, 0.1) is 5.92 Å². The Kier molecular flexibility index (Phi) is 9.30. The number of carbonyl (C=O) groups is 1. The Labute approximate surface area is 100 Å². The number of hydrogen-bond acceptors (Lipinski definition) is 2. The van der Waals surface area contributed by atoms with Gasteiger partial charge in [0.2, 0.25) is 5.91 Å². The minimum Gasteiger partial charge on any atom is -0.354 e. The third kappa shape index (κ3) is 9.97. The molecule has 0 saturated carbocycles. The molecule has 0 aliphatic rings. The molecule has 16 heavy (non-hydrogen) atoms. The molecule has 0 rings (SSSR count). The molecule has 0 fully saturated rings. The molecule has 96 valence electrons. The van der Waals surface area contributed by atoms with Gasteiger partial charge in [0.25, 0.3) is 0 Å². The Balaban J connectivity index is 3.28. The van der Waals surface area contributed by atoms with Crippen molar-refractivity contribution in [1.29, 1.82) is 0 Å². The van der Waals surface area contributed by atoms with Crippen molar-refractivity contribution in [2.75, 3.05) is 13.1 Å². The first-order valence-corrected chi connectivity index (χ1v) is 6.56. The Morgan fingerprint density at radius 3 is 2.44 bits per heavy atom. The highest BCUT2D eigenvalue weighted by molar-refractivity contribution is 5.76. The summed E-state index contributed by atoms with van der Waals surface area (Å²) in [7, 11) is 0. The van der Waals surface area contributed by atoms with Crippen molar-refractivity contribution < 1.29 is 4.79 Å². The largest absolute Gasteiger partial charge is 0.354 e. The fourth-order valence-corrected chi connectivity index (χ4v) is 1.41. The summed E-state index contributed by atoms with van der Waals surface area (Å²) < 4.78 is 0. The van der Waals surface area contributed by atoms with Crippen LogP contribution in [0.25, 0.3) is 0 Å². The van der Waals surface area contributed by atoms with E-state index in [9.17, 15) is 4.79 Å². The molecule has 0 heterocycles. The van der Waals surface area contributed by atoms with Crippen LogP contribution in [-0.2, 0) is 4.79 Å². The summed E-state index contributed by atoms with van der Waals surface area (Å²) in [5, 5.41) is 6.26. The molecule has 0 bridgehead atoms. The predicted molar refractivity (Wildman–Crippen MR) is 69.5 cm³/mol. The molecule has 0 aromatic carbocycles. The minimum atomic E-state index is 0.158. The van der Waals surface area contributed by atoms with E-state index in [1.165, 1.54) is 12.8 Å². The number of amides is 1. The summed E-state index contributed by atoms with van der Waals surface area (Å²) in [6.45, 7) is 10.4. The first-order chi connectivity index (χ1) is 7.56. The highest BCUT2D eigenvalue weighted by atomic mass is 16.1. The summed E-state index contributed by atoms with van der Waals surface area (Å²) in [6, 6.07) is 0.299. The lowest BCUT2D eigenvalue weighted by Crippen LogP contribution is -2.34.